The summed E-state index contributed by atoms with van der Waals surface area (Å²) in [5, 5.41) is 12.5. The van der Waals surface area contributed by atoms with E-state index in [-0.39, 0.29) is 18.1 Å². The molecule has 0 atom stereocenters. The number of hydrogen-bond acceptors (Lipinski definition) is 1. The van der Waals surface area contributed by atoms with Gasteiger partial charge in [-0.2, -0.15) is 0 Å². The predicted molar refractivity (Wildman–Crippen MR) is 67.5 cm³/mol. The van der Waals surface area contributed by atoms with E-state index in [1.165, 1.54) is 12.1 Å². The van der Waals surface area contributed by atoms with E-state index < -0.39 is 11.4 Å². The molecule has 0 spiro atoms. The van der Waals surface area contributed by atoms with Crippen molar-refractivity contribution >= 4 is 11.8 Å². The van der Waals surface area contributed by atoms with Crippen molar-refractivity contribution in [3.8, 4) is 0 Å². The molecule has 0 aromatic heterocycles. The summed E-state index contributed by atoms with van der Waals surface area (Å²) in [5.41, 5.74) is -0.00648. The number of benzene rings is 1. The predicted octanol–water partition coefficient (Wildman–Crippen LogP) is -1.52. The quantitative estimate of drug-likeness (QED) is 0.636. The van der Waals surface area contributed by atoms with Gasteiger partial charge in [0.05, 0.1) is 25.3 Å². The van der Waals surface area contributed by atoms with Gasteiger partial charge in [-0.05, 0) is 17.7 Å². The van der Waals surface area contributed by atoms with Gasteiger partial charge in [-0.15, -0.1) is 0 Å². The Balaban J connectivity index is 0.00000180. The Morgan fingerprint density at radius 3 is 2.68 bits per heavy atom. The summed E-state index contributed by atoms with van der Waals surface area (Å²) < 4.78 is 13.1. The summed E-state index contributed by atoms with van der Waals surface area (Å²) in [7, 11) is 0. The van der Waals surface area contributed by atoms with Crippen LogP contribution < -0.4 is 17.7 Å². The fourth-order valence-corrected chi connectivity index (χ4v) is 2.11. The summed E-state index contributed by atoms with van der Waals surface area (Å²) in [5.74, 6) is -0.506. The maximum Gasteiger partial charge on any atom is 0.222 e. The molecule has 102 valence electrons. The van der Waals surface area contributed by atoms with Gasteiger partial charge >= 0.3 is 0 Å². The molecule has 0 bridgehead atoms. The van der Waals surface area contributed by atoms with Crippen LogP contribution >= 0.6 is 0 Å². The number of piperidine rings is 1. The lowest BCUT2D eigenvalue weighted by Gasteiger charge is -2.27. The van der Waals surface area contributed by atoms with Crippen molar-refractivity contribution in [3.63, 3.8) is 0 Å². The molecule has 1 fully saturated rings. The molecule has 1 aliphatic heterocycles. The Labute approximate surface area is 118 Å². The molecule has 1 saturated heterocycles. The molecule has 0 saturated carbocycles. The van der Waals surface area contributed by atoms with Gasteiger partial charge in [0.15, 0.2) is 0 Å². The fraction of sp³-hybridized carbons (Fsp3) is 0.357. The highest BCUT2D eigenvalue weighted by atomic mass is 35.5. The van der Waals surface area contributed by atoms with Crippen LogP contribution in [0.15, 0.2) is 24.3 Å². The number of nitrogens with two attached hydrogens (primary N) is 1. The zero-order valence-corrected chi connectivity index (χ0v) is 11.2. The minimum Gasteiger partial charge on any atom is -1.00 e. The summed E-state index contributed by atoms with van der Waals surface area (Å²) in [6.07, 6.45) is 4.97. The minimum absolute atomic E-state index is 0. The Morgan fingerprint density at radius 2 is 2.05 bits per heavy atom. The molecule has 19 heavy (non-hydrogen) atoms. The van der Waals surface area contributed by atoms with Crippen molar-refractivity contribution in [1.29, 1.82) is 0 Å². The number of quaternary nitrogens is 1. The fourth-order valence-electron chi connectivity index (χ4n) is 2.11. The van der Waals surface area contributed by atoms with E-state index >= 15 is 0 Å². The van der Waals surface area contributed by atoms with Gasteiger partial charge in [-0.25, -0.2) is 9.24 Å². The normalized spacial score (nSPS) is 17.7. The van der Waals surface area contributed by atoms with Gasteiger partial charge in [-0.3, -0.25) is 0 Å². The number of aliphatic hydroxyl groups is 1. The Bertz CT molecular complexity index is 505. The van der Waals surface area contributed by atoms with Crippen molar-refractivity contribution in [2.24, 2.45) is 0 Å². The molecule has 0 aliphatic carbocycles. The smallest absolute Gasteiger partial charge is 0.222 e. The second-order valence-corrected chi connectivity index (χ2v) is 4.63. The largest absolute Gasteiger partial charge is 1.00 e. The van der Waals surface area contributed by atoms with E-state index in [1.807, 2.05) is 0 Å². The van der Waals surface area contributed by atoms with Gasteiger partial charge in [0.2, 0.25) is 5.69 Å². The van der Waals surface area contributed by atoms with E-state index in [0.717, 1.165) is 31.5 Å². The lowest BCUT2D eigenvalue weighted by atomic mass is 9.91. The summed E-state index contributed by atoms with van der Waals surface area (Å²) >= 11 is 0. The van der Waals surface area contributed by atoms with Gasteiger partial charge in [0.1, 0.15) is 5.82 Å². The van der Waals surface area contributed by atoms with Crippen molar-refractivity contribution in [3.05, 3.63) is 47.1 Å². The van der Waals surface area contributed by atoms with Gasteiger partial charge in [0.25, 0.3) is 0 Å². The van der Waals surface area contributed by atoms with Crippen LogP contribution in [-0.4, -0.2) is 23.8 Å². The van der Waals surface area contributed by atoms with Gasteiger partial charge in [-0.1, -0.05) is 18.2 Å². The first kappa shape index (κ1) is 15.6. The van der Waals surface area contributed by atoms with Crippen molar-refractivity contribution in [2.45, 2.75) is 18.4 Å². The summed E-state index contributed by atoms with van der Waals surface area (Å²) in [6.45, 7) is 8.68. The third kappa shape index (κ3) is 4.03. The molecule has 1 aromatic carbocycles. The number of nitrogens with zero attached hydrogens (tertiary/aromatic N) is 1. The first-order valence-corrected chi connectivity index (χ1v) is 6.03. The number of rotatable bonds is 2. The number of hydrogen-bond donors (Lipinski definition) is 2. The van der Waals surface area contributed by atoms with Crippen LogP contribution in [0, 0.1) is 12.4 Å². The maximum atomic E-state index is 13.1. The molecular formula is C14H16ClFN2O. The van der Waals surface area contributed by atoms with E-state index in [4.69, 9.17) is 6.57 Å². The second-order valence-electron chi connectivity index (χ2n) is 4.63. The SMILES string of the molecule is [C-]#[N+]c1cc(/C=C/C2(O)CC[NH2+]CC2)ccc1F.[Cl-]. The first-order chi connectivity index (χ1) is 8.63. The Hall–Kier alpha value is -1.41. The van der Waals surface area contributed by atoms with Gasteiger partial charge < -0.3 is 22.8 Å². The molecule has 1 aromatic rings. The maximum absolute atomic E-state index is 13.1. The summed E-state index contributed by atoms with van der Waals surface area (Å²) in [6, 6.07) is 4.39. The highest BCUT2D eigenvalue weighted by Gasteiger charge is 2.27. The second kappa shape index (κ2) is 6.67. The van der Waals surface area contributed by atoms with Crippen molar-refractivity contribution < 1.29 is 27.2 Å². The van der Waals surface area contributed by atoms with Gasteiger partial charge in [0, 0.05) is 12.8 Å². The van der Waals surface area contributed by atoms with E-state index in [1.54, 1.807) is 18.2 Å². The third-order valence-electron chi connectivity index (χ3n) is 3.24. The van der Waals surface area contributed by atoms with E-state index in [9.17, 15) is 9.50 Å². The molecule has 1 aliphatic rings. The first-order valence-electron chi connectivity index (χ1n) is 6.03. The highest BCUT2D eigenvalue weighted by Crippen LogP contribution is 2.23. The average Bonchev–Trinajstić information content (AvgIpc) is 2.39. The molecule has 3 nitrogen and oxygen atoms in total. The molecule has 3 N–H and O–H groups in total. The van der Waals surface area contributed by atoms with Crippen molar-refractivity contribution in [1.82, 2.24) is 0 Å². The van der Waals surface area contributed by atoms with Crippen LogP contribution in [-0.2, 0) is 0 Å². The van der Waals surface area contributed by atoms with Crippen LogP contribution in [0.2, 0.25) is 0 Å². The van der Waals surface area contributed by atoms with Crippen LogP contribution in [0.25, 0.3) is 10.9 Å². The monoisotopic (exact) mass is 282 g/mol. The topological polar surface area (TPSA) is 41.2 Å². The third-order valence-corrected chi connectivity index (χ3v) is 3.24. The van der Waals surface area contributed by atoms with E-state index in [0.29, 0.717) is 0 Å². The van der Waals surface area contributed by atoms with Crippen LogP contribution in [0.4, 0.5) is 10.1 Å². The lowest BCUT2D eigenvalue weighted by molar-refractivity contribution is -0.667. The number of halogens is 2. The zero-order valence-electron chi connectivity index (χ0n) is 10.4. The van der Waals surface area contributed by atoms with E-state index in [2.05, 4.69) is 10.2 Å². The molecule has 0 radical (unpaired) electrons. The molecule has 2 rings (SSSR count). The zero-order chi connectivity index (χ0) is 13.0. The average molecular weight is 283 g/mol. The van der Waals surface area contributed by atoms with Crippen molar-refractivity contribution in [2.75, 3.05) is 13.1 Å². The Morgan fingerprint density at radius 1 is 1.37 bits per heavy atom. The van der Waals surface area contributed by atoms with Crippen LogP contribution in [0.3, 0.4) is 0 Å². The summed E-state index contributed by atoms with van der Waals surface area (Å²) in [4.78, 5) is 3.12. The minimum atomic E-state index is -0.762. The Kier molecular flexibility index (Phi) is 5.49. The molecule has 1 heterocycles. The molecule has 0 unspecified atom stereocenters. The molecule has 0 amide bonds. The molecule has 5 heteroatoms. The lowest BCUT2D eigenvalue weighted by Crippen LogP contribution is -3.00. The highest BCUT2D eigenvalue weighted by molar-refractivity contribution is 5.59. The molecular weight excluding hydrogens is 267 g/mol. The van der Waals surface area contributed by atoms with Crippen LogP contribution in [0.1, 0.15) is 18.4 Å². The standard InChI is InChI=1S/C14H15FN2O.ClH/c1-16-13-10-11(2-3-12(13)15)4-5-14(18)6-8-17-9-7-14;/h2-5,10,17-18H,6-9H2;1H/b5-4+;. The van der Waals surface area contributed by atoms with Crippen LogP contribution in [0.5, 0.6) is 0 Å².